The minimum atomic E-state index is -3.81. The van der Waals surface area contributed by atoms with Gasteiger partial charge in [0.15, 0.2) is 0 Å². The Labute approximate surface area is 112 Å². The standard InChI is InChI=1S/C4H9.2H3O3PS.Zn/c1-3-4-2;2*1-4(2,3)5;/h1,3-4H2,2H3;2*(H3,1,2,3,5);/q-1;;;. The first-order valence-corrected chi connectivity index (χ1v) is 8.59. The molecule has 0 aromatic carbocycles. The average Bonchev–Trinajstić information content (AvgIpc) is 1.79. The summed E-state index contributed by atoms with van der Waals surface area (Å²) in [4.78, 5) is 45.3. The molecule has 0 aromatic rings. The maximum Gasteiger partial charge on any atom is 0.319 e. The Hall–Kier alpha value is 1.68. The zero-order valence-electron chi connectivity index (χ0n) is 8.22. The van der Waals surface area contributed by atoms with Gasteiger partial charge in [-0.2, -0.15) is 6.42 Å². The fourth-order valence-electron chi connectivity index (χ4n) is 0. The van der Waals surface area contributed by atoms with Crippen molar-refractivity contribution >= 4 is 37.1 Å². The van der Waals surface area contributed by atoms with Crippen LogP contribution in [-0.4, -0.2) is 29.4 Å². The number of hydrogen-bond donors (Lipinski definition) is 6. The molecule has 0 bridgehead atoms. The number of hydrogen-bond acceptors (Lipinski definition) is 2. The molecule has 0 aliphatic carbocycles. The van der Waals surface area contributed by atoms with Crippen LogP contribution in [0.15, 0.2) is 0 Å². The molecule has 11 heteroatoms. The topological polar surface area (TPSA) is 121 Å². The van der Waals surface area contributed by atoms with Gasteiger partial charge in [0.2, 0.25) is 0 Å². The normalized spacial score (nSPS) is 9.87. The number of unbranched alkanes of at least 4 members (excludes halogenated alkanes) is 1. The van der Waals surface area contributed by atoms with E-state index in [1.165, 1.54) is 6.42 Å². The smallest absolute Gasteiger partial charge is 0.319 e. The molecule has 0 heterocycles. The van der Waals surface area contributed by atoms with Gasteiger partial charge in [0.25, 0.3) is 0 Å². The maximum atomic E-state index is 7.56. The zero-order valence-corrected chi connectivity index (χ0v) is 14.6. The van der Waals surface area contributed by atoms with Crippen LogP contribution >= 0.6 is 13.4 Å². The molecule has 0 aromatic heterocycles. The third-order valence-electron chi connectivity index (χ3n) is 0.354. The van der Waals surface area contributed by atoms with Crippen molar-refractivity contribution < 1.29 is 48.8 Å². The van der Waals surface area contributed by atoms with E-state index in [0.29, 0.717) is 0 Å². The summed E-state index contributed by atoms with van der Waals surface area (Å²) < 4.78 is 0. The Balaban J connectivity index is -0.0000000590. The summed E-state index contributed by atoms with van der Waals surface area (Å²) >= 11 is 7.21. The maximum absolute atomic E-state index is 7.56. The van der Waals surface area contributed by atoms with Crippen molar-refractivity contribution in [2.24, 2.45) is 0 Å². The summed E-state index contributed by atoms with van der Waals surface area (Å²) in [5.74, 6) is 0. The Bertz CT molecular complexity index is 165. The van der Waals surface area contributed by atoms with Crippen molar-refractivity contribution in [3.63, 3.8) is 0 Å². The van der Waals surface area contributed by atoms with Crippen LogP contribution in [0.3, 0.4) is 0 Å². The van der Waals surface area contributed by atoms with E-state index in [0.717, 1.165) is 6.42 Å². The first-order chi connectivity index (χ1) is 5.91. The van der Waals surface area contributed by atoms with Gasteiger partial charge < -0.3 is 36.3 Å². The fraction of sp³-hybridized carbons (Fsp3) is 0.750. The summed E-state index contributed by atoms with van der Waals surface area (Å²) in [6.45, 7) is -1.89. The van der Waals surface area contributed by atoms with Gasteiger partial charge in [0.05, 0.1) is 0 Å². The van der Waals surface area contributed by atoms with Gasteiger partial charge in [0, 0.05) is 19.5 Å². The van der Waals surface area contributed by atoms with Gasteiger partial charge in [-0.25, -0.2) is 0 Å². The van der Waals surface area contributed by atoms with Crippen molar-refractivity contribution in [3.05, 3.63) is 6.92 Å². The Morgan fingerprint density at radius 3 is 1.00 bits per heavy atom. The number of rotatable bonds is 1. The van der Waals surface area contributed by atoms with Gasteiger partial charge in [0.1, 0.15) is 0 Å². The molecule has 0 aliphatic heterocycles. The molecule has 6 nitrogen and oxygen atoms in total. The van der Waals surface area contributed by atoms with Crippen molar-refractivity contribution in [2.45, 2.75) is 19.8 Å². The molecule has 0 atom stereocenters. The third kappa shape index (κ3) is 408. The minimum absolute atomic E-state index is 0. The van der Waals surface area contributed by atoms with Crippen LogP contribution in [0.4, 0.5) is 0 Å². The molecule has 92 valence electrons. The van der Waals surface area contributed by atoms with Crippen LogP contribution in [-0.2, 0) is 43.1 Å². The van der Waals surface area contributed by atoms with Crippen LogP contribution in [0.5, 0.6) is 0 Å². The van der Waals surface area contributed by atoms with E-state index in [9.17, 15) is 0 Å². The predicted molar refractivity (Wildman–Crippen MR) is 62.1 cm³/mol. The molecule has 0 fully saturated rings. The van der Waals surface area contributed by atoms with Gasteiger partial charge in [-0.1, -0.05) is 13.3 Å². The van der Waals surface area contributed by atoms with E-state index in [1.54, 1.807) is 0 Å². The summed E-state index contributed by atoms with van der Waals surface area (Å²) in [6, 6.07) is 0. The SMILES string of the molecule is OP(O)(O)=S.OP(O)(O)=S.[CH2-]CCC.[Zn]. The molecular formula is C4H15O6P2S2Zn-. The van der Waals surface area contributed by atoms with E-state index in [4.69, 9.17) is 29.4 Å². The van der Waals surface area contributed by atoms with Crippen LogP contribution in [0.1, 0.15) is 19.8 Å². The molecule has 0 saturated heterocycles. The molecule has 0 aliphatic rings. The van der Waals surface area contributed by atoms with Crippen molar-refractivity contribution in [2.75, 3.05) is 0 Å². The second-order valence-electron chi connectivity index (χ2n) is 1.88. The second-order valence-corrected chi connectivity index (χ2v) is 6.87. The van der Waals surface area contributed by atoms with E-state index < -0.39 is 13.4 Å². The molecule has 0 spiro atoms. The van der Waals surface area contributed by atoms with Gasteiger partial charge >= 0.3 is 13.4 Å². The Morgan fingerprint density at radius 1 is 0.933 bits per heavy atom. The summed E-state index contributed by atoms with van der Waals surface area (Å²) in [6.07, 6.45) is 2.28. The summed E-state index contributed by atoms with van der Waals surface area (Å²) in [7, 11) is 0. The molecule has 15 heavy (non-hydrogen) atoms. The molecule has 0 unspecified atom stereocenters. The molecule has 0 saturated carbocycles. The van der Waals surface area contributed by atoms with Crippen LogP contribution in [0.25, 0.3) is 0 Å². The van der Waals surface area contributed by atoms with Crippen molar-refractivity contribution in [3.8, 4) is 0 Å². The van der Waals surface area contributed by atoms with Gasteiger partial charge in [-0.05, 0) is 23.6 Å². The van der Waals surface area contributed by atoms with Gasteiger partial charge in [-0.3, -0.25) is 0 Å². The zero-order chi connectivity index (χ0) is 12.4. The fourth-order valence-corrected chi connectivity index (χ4v) is 0. The third-order valence-corrected chi connectivity index (χ3v) is 0.354. The van der Waals surface area contributed by atoms with Crippen molar-refractivity contribution in [1.82, 2.24) is 0 Å². The quantitative estimate of drug-likeness (QED) is 0.222. The first-order valence-electron chi connectivity index (χ1n) is 3.27. The van der Waals surface area contributed by atoms with Crippen LogP contribution in [0.2, 0.25) is 0 Å². The molecule has 0 radical (unpaired) electrons. The molecule has 6 N–H and O–H groups in total. The second kappa shape index (κ2) is 13.7. The minimum Gasteiger partial charge on any atom is -0.343 e. The molecule has 0 amide bonds. The largest absolute Gasteiger partial charge is 0.343 e. The molecule has 0 rings (SSSR count). The van der Waals surface area contributed by atoms with E-state index in [1.807, 2.05) is 0 Å². The monoisotopic (exact) mass is 349 g/mol. The van der Waals surface area contributed by atoms with E-state index >= 15 is 0 Å². The van der Waals surface area contributed by atoms with E-state index in [2.05, 4.69) is 37.5 Å². The van der Waals surface area contributed by atoms with Crippen LogP contribution in [0, 0.1) is 6.92 Å². The summed E-state index contributed by atoms with van der Waals surface area (Å²) in [5.41, 5.74) is 0. The van der Waals surface area contributed by atoms with Crippen molar-refractivity contribution in [1.29, 1.82) is 0 Å². The average molecular weight is 351 g/mol. The molecular weight excluding hydrogens is 336 g/mol. The van der Waals surface area contributed by atoms with Gasteiger partial charge in [-0.15, -0.1) is 0 Å². The predicted octanol–water partition coefficient (Wildman–Crippen LogP) is -0.00631. The van der Waals surface area contributed by atoms with Crippen LogP contribution < -0.4 is 0 Å². The Morgan fingerprint density at radius 2 is 1.00 bits per heavy atom. The first kappa shape index (κ1) is 25.5. The summed E-state index contributed by atoms with van der Waals surface area (Å²) in [5, 5.41) is 0. The van der Waals surface area contributed by atoms with E-state index in [-0.39, 0.29) is 19.5 Å². The Kier molecular flexibility index (Phi) is 23.4.